The van der Waals surface area contributed by atoms with Gasteiger partial charge in [-0.25, -0.2) is 0 Å². The second-order valence-electron chi connectivity index (χ2n) is 16.3. The number of hydrogen-bond acceptors (Lipinski definition) is 6. The van der Waals surface area contributed by atoms with Gasteiger partial charge < -0.3 is 14.2 Å². The van der Waals surface area contributed by atoms with Gasteiger partial charge in [0.25, 0.3) is 0 Å². The van der Waals surface area contributed by atoms with Crippen molar-refractivity contribution in [2.24, 2.45) is 0 Å². The minimum Gasteiger partial charge on any atom is -0.462 e. The summed E-state index contributed by atoms with van der Waals surface area (Å²) in [4.78, 5) is 37.9. The molecular formula is C54H92O6. The molecule has 0 aliphatic heterocycles. The van der Waals surface area contributed by atoms with E-state index in [-0.39, 0.29) is 31.1 Å². The lowest BCUT2D eigenvalue weighted by Crippen LogP contribution is -2.30. The first kappa shape index (κ1) is 56.9. The molecule has 0 heterocycles. The largest absolute Gasteiger partial charge is 0.462 e. The van der Waals surface area contributed by atoms with Gasteiger partial charge in [-0.05, 0) is 83.5 Å². The Bertz CT molecular complexity index is 1140. The van der Waals surface area contributed by atoms with Gasteiger partial charge in [-0.2, -0.15) is 0 Å². The molecule has 60 heavy (non-hydrogen) atoms. The highest BCUT2D eigenvalue weighted by Crippen LogP contribution is 2.14. The zero-order valence-corrected chi connectivity index (χ0v) is 39.2. The van der Waals surface area contributed by atoms with Gasteiger partial charge in [0.1, 0.15) is 13.2 Å². The van der Waals surface area contributed by atoms with Crippen LogP contribution in [-0.4, -0.2) is 37.2 Å². The van der Waals surface area contributed by atoms with Crippen LogP contribution < -0.4 is 0 Å². The minimum absolute atomic E-state index is 0.0894. The number of carbonyl (C=O) groups excluding carboxylic acids is 3. The summed E-state index contributed by atoms with van der Waals surface area (Å²) in [6.45, 7) is 6.44. The smallest absolute Gasteiger partial charge is 0.306 e. The van der Waals surface area contributed by atoms with E-state index in [0.717, 1.165) is 103 Å². The van der Waals surface area contributed by atoms with Crippen molar-refractivity contribution >= 4 is 17.9 Å². The molecule has 344 valence electrons. The molecule has 0 N–H and O–H groups in total. The van der Waals surface area contributed by atoms with E-state index >= 15 is 0 Å². The Morgan fingerprint density at radius 2 is 0.667 bits per heavy atom. The predicted octanol–water partition coefficient (Wildman–Crippen LogP) is 16.3. The van der Waals surface area contributed by atoms with Crippen molar-refractivity contribution in [3.05, 3.63) is 72.9 Å². The summed E-state index contributed by atoms with van der Waals surface area (Å²) < 4.78 is 16.7. The Morgan fingerprint density at radius 3 is 1.10 bits per heavy atom. The van der Waals surface area contributed by atoms with Crippen LogP contribution >= 0.6 is 0 Å². The number of unbranched alkanes of at least 4 members (excludes halogenated alkanes) is 21. The first-order chi connectivity index (χ1) is 29.5. The maximum atomic E-state index is 12.7. The van der Waals surface area contributed by atoms with Crippen LogP contribution in [0.4, 0.5) is 0 Å². The molecule has 0 aliphatic rings. The molecule has 6 heteroatoms. The van der Waals surface area contributed by atoms with E-state index in [1.54, 1.807) is 0 Å². The average Bonchev–Trinajstić information content (AvgIpc) is 3.24. The maximum Gasteiger partial charge on any atom is 0.306 e. The normalized spacial score (nSPS) is 12.7. The standard InChI is InChI=1S/C54H92O6/c1-4-7-10-13-16-19-22-24-25-26-27-28-29-30-33-35-38-41-44-47-53(56)59-50-51(49-58-52(55)46-43-40-37-34-31-21-18-15-12-9-6-3)60-54(57)48-45-42-39-36-32-23-20-17-14-11-8-5-2/h7,10,15-16,18-19,24-25,27-28,30,33,51H,4-6,8-9,11-14,17,20-23,26,29,31-32,34-50H2,1-3H3/b10-7-,18-15-,19-16-,25-24-,28-27-,33-30-. The van der Waals surface area contributed by atoms with Gasteiger partial charge in [0.15, 0.2) is 6.10 Å². The maximum absolute atomic E-state index is 12.7. The molecule has 0 fully saturated rings. The molecule has 0 saturated heterocycles. The number of ether oxygens (including phenoxy) is 3. The molecule has 1 unspecified atom stereocenters. The molecule has 0 amide bonds. The number of carbonyl (C=O) groups is 3. The molecule has 6 nitrogen and oxygen atoms in total. The molecule has 1 atom stereocenters. The van der Waals surface area contributed by atoms with Gasteiger partial charge in [0.2, 0.25) is 0 Å². The lowest BCUT2D eigenvalue weighted by molar-refractivity contribution is -0.167. The van der Waals surface area contributed by atoms with Crippen molar-refractivity contribution < 1.29 is 28.6 Å². The van der Waals surface area contributed by atoms with Crippen LogP contribution in [0.25, 0.3) is 0 Å². The fourth-order valence-electron chi connectivity index (χ4n) is 6.68. The van der Waals surface area contributed by atoms with Gasteiger partial charge in [0, 0.05) is 19.3 Å². The second kappa shape index (κ2) is 48.5. The van der Waals surface area contributed by atoms with Crippen molar-refractivity contribution in [3.63, 3.8) is 0 Å². The number of hydrogen-bond donors (Lipinski definition) is 0. The molecule has 0 radical (unpaired) electrons. The van der Waals surface area contributed by atoms with Crippen molar-refractivity contribution in [2.75, 3.05) is 13.2 Å². The minimum atomic E-state index is -0.788. The Morgan fingerprint density at radius 1 is 0.350 bits per heavy atom. The average molecular weight is 837 g/mol. The highest BCUT2D eigenvalue weighted by molar-refractivity contribution is 5.71. The first-order valence-corrected chi connectivity index (χ1v) is 24.9. The van der Waals surface area contributed by atoms with E-state index in [1.165, 1.54) is 89.9 Å². The molecule has 0 aliphatic carbocycles. The summed E-state index contributed by atoms with van der Waals surface area (Å²) in [7, 11) is 0. The fraction of sp³-hybridized carbons (Fsp3) is 0.722. The van der Waals surface area contributed by atoms with Crippen LogP contribution in [0.3, 0.4) is 0 Å². The predicted molar refractivity (Wildman–Crippen MR) is 256 cm³/mol. The van der Waals surface area contributed by atoms with Gasteiger partial charge in [-0.15, -0.1) is 0 Å². The zero-order valence-electron chi connectivity index (χ0n) is 39.2. The lowest BCUT2D eigenvalue weighted by Gasteiger charge is -2.18. The Balaban J connectivity index is 4.41. The van der Waals surface area contributed by atoms with E-state index < -0.39 is 6.10 Å². The number of rotatable bonds is 44. The van der Waals surface area contributed by atoms with Crippen LogP contribution in [0, 0.1) is 0 Å². The summed E-state index contributed by atoms with van der Waals surface area (Å²) in [5, 5.41) is 0. The third kappa shape index (κ3) is 45.9. The van der Waals surface area contributed by atoms with E-state index in [1.807, 2.05) is 0 Å². The number of allylic oxidation sites excluding steroid dienone is 12. The van der Waals surface area contributed by atoms with Gasteiger partial charge in [-0.1, -0.05) is 203 Å². The first-order valence-electron chi connectivity index (χ1n) is 24.9. The fourth-order valence-corrected chi connectivity index (χ4v) is 6.68. The molecular weight excluding hydrogens is 745 g/mol. The van der Waals surface area contributed by atoms with Crippen LogP contribution in [0.1, 0.15) is 233 Å². The zero-order chi connectivity index (χ0) is 43.7. The topological polar surface area (TPSA) is 78.9 Å². The Labute approximate surface area is 370 Å². The molecule has 0 saturated carbocycles. The van der Waals surface area contributed by atoms with Gasteiger partial charge in [0.05, 0.1) is 0 Å². The molecule has 0 bridgehead atoms. The highest BCUT2D eigenvalue weighted by Gasteiger charge is 2.19. The van der Waals surface area contributed by atoms with Crippen LogP contribution in [0.2, 0.25) is 0 Å². The van der Waals surface area contributed by atoms with E-state index in [4.69, 9.17) is 14.2 Å². The Kier molecular flexibility index (Phi) is 46.0. The molecule has 0 aromatic rings. The van der Waals surface area contributed by atoms with E-state index in [0.29, 0.717) is 19.3 Å². The molecule has 0 aromatic carbocycles. The SMILES string of the molecule is CC/C=C\C/C=C\C/C=C\C/C=C\C/C=C\CCCCCC(=O)OCC(COC(=O)CCCCCCC/C=C\CCCC)OC(=O)CCCCCCCCCCCCCC. The summed E-state index contributed by atoms with van der Waals surface area (Å²) >= 11 is 0. The van der Waals surface area contributed by atoms with Crippen molar-refractivity contribution in [3.8, 4) is 0 Å². The van der Waals surface area contributed by atoms with Gasteiger partial charge in [-0.3, -0.25) is 14.4 Å². The summed E-state index contributed by atoms with van der Waals surface area (Å²) in [5.74, 6) is -0.932. The second-order valence-corrected chi connectivity index (χ2v) is 16.3. The summed E-state index contributed by atoms with van der Waals surface area (Å²) in [6.07, 6.45) is 60.2. The quantitative estimate of drug-likeness (QED) is 0.0263. The molecule has 0 aromatic heterocycles. The molecule has 0 rings (SSSR count). The third-order valence-electron chi connectivity index (χ3n) is 10.4. The van der Waals surface area contributed by atoms with E-state index in [2.05, 4.69) is 93.7 Å². The van der Waals surface area contributed by atoms with E-state index in [9.17, 15) is 14.4 Å². The van der Waals surface area contributed by atoms with Crippen molar-refractivity contribution in [1.82, 2.24) is 0 Å². The van der Waals surface area contributed by atoms with Crippen LogP contribution in [0.5, 0.6) is 0 Å². The van der Waals surface area contributed by atoms with Gasteiger partial charge >= 0.3 is 17.9 Å². The Hall–Kier alpha value is -3.15. The lowest BCUT2D eigenvalue weighted by atomic mass is 10.0. The van der Waals surface area contributed by atoms with Crippen LogP contribution in [-0.2, 0) is 28.6 Å². The highest BCUT2D eigenvalue weighted by atomic mass is 16.6. The van der Waals surface area contributed by atoms with Crippen molar-refractivity contribution in [1.29, 1.82) is 0 Å². The third-order valence-corrected chi connectivity index (χ3v) is 10.4. The molecule has 0 spiro atoms. The number of esters is 3. The van der Waals surface area contributed by atoms with Crippen LogP contribution in [0.15, 0.2) is 72.9 Å². The summed E-state index contributed by atoms with van der Waals surface area (Å²) in [6, 6.07) is 0. The summed E-state index contributed by atoms with van der Waals surface area (Å²) in [5.41, 5.74) is 0. The van der Waals surface area contributed by atoms with Crippen molar-refractivity contribution in [2.45, 2.75) is 239 Å². The monoisotopic (exact) mass is 837 g/mol.